The smallest absolute Gasteiger partial charge is 0.0900 e. The fourth-order valence-electron chi connectivity index (χ4n) is 3.07. The largest absolute Gasteiger partial charge is 0.545 e. The van der Waals surface area contributed by atoms with Gasteiger partial charge in [0, 0.05) is 18.0 Å². The van der Waals surface area contributed by atoms with E-state index in [0.29, 0.717) is 28.3 Å². The van der Waals surface area contributed by atoms with Crippen molar-refractivity contribution in [2.45, 2.75) is 0 Å². The summed E-state index contributed by atoms with van der Waals surface area (Å²) in [6, 6.07) is 17.6. The van der Waals surface area contributed by atoms with Gasteiger partial charge < -0.3 is 30.8 Å². The zero-order valence-corrected chi connectivity index (χ0v) is 16.5. The highest BCUT2D eigenvalue weighted by molar-refractivity contribution is 5.98. The van der Waals surface area contributed by atoms with E-state index in [0.717, 1.165) is 0 Å². The van der Waals surface area contributed by atoms with Crippen molar-refractivity contribution in [1.82, 2.24) is 15.0 Å². The zero-order chi connectivity index (χ0) is 21.1. The Labute approximate surface area is 182 Å². The van der Waals surface area contributed by atoms with Crippen molar-refractivity contribution >= 4 is 11.9 Å². The molecule has 4 rings (SSSR count). The molecule has 0 aliphatic carbocycles. The number of carbonyl (C=O) groups is 2. The van der Waals surface area contributed by atoms with E-state index >= 15 is 0 Å². The van der Waals surface area contributed by atoms with Gasteiger partial charge in [-0.1, -0.05) is 24.3 Å². The van der Waals surface area contributed by atoms with E-state index in [2.05, 4.69) is 15.0 Å². The van der Waals surface area contributed by atoms with Crippen LogP contribution in [0.1, 0.15) is 20.7 Å². The molecule has 9 heteroatoms. The van der Waals surface area contributed by atoms with Gasteiger partial charge in [-0.2, -0.15) is 0 Å². The van der Waals surface area contributed by atoms with Crippen LogP contribution in [0.2, 0.25) is 0 Å². The molecule has 162 valence electrons. The summed E-state index contributed by atoms with van der Waals surface area (Å²) in [4.78, 5) is 36.2. The van der Waals surface area contributed by atoms with Crippen LogP contribution in [-0.2, 0) is 0 Å². The minimum Gasteiger partial charge on any atom is -0.545 e. The summed E-state index contributed by atoms with van der Waals surface area (Å²) in [5.41, 5.74) is 2.43. The van der Waals surface area contributed by atoms with Gasteiger partial charge in [-0.3, -0.25) is 9.97 Å². The van der Waals surface area contributed by atoms with Crippen LogP contribution in [0.25, 0.3) is 33.9 Å². The summed E-state index contributed by atoms with van der Waals surface area (Å²) in [5.74, 6) is -2.84. The van der Waals surface area contributed by atoms with Crippen LogP contribution in [0.5, 0.6) is 0 Å². The molecular weight excluding hydrogens is 414 g/mol. The molecule has 3 aromatic heterocycles. The maximum absolute atomic E-state index is 11.7. The standard InChI is InChI=1S/C23H15N3O4.2H2O/c27-22(28)14-7-8-16(23(29)30)17(11-14)15-12-20(18-5-1-3-9-24-18)26-21(13-15)19-6-2-4-10-25-19;;/h1-13H,(H,27,28)(H,29,30);2*1H2/p-2. The minimum absolute atomic E-state index is 0. The van der Waals surface area contributed by atoms with Gasteiger partial charge in [-0.15, -0.1) is 0 Å². The molecule has 0 saturated carbocycles. The van der Waals surface area contributed by atoms with E-state index in [1.807, 2.05) is 0 Å². The first-order chi connectivity index (χ1) is 14.5. The van der Waals surface area contributed by atoms with Crippen molar-refractivity contribution in [3.63, 3.8) is 0 Å². The van der Waals surface area contributed by atoms with Crippen molar-refractivity contribution in [3.05, 3.63) is 90.3 Å². The van der Waals surface area contributed by atoms with Crippen LogP contribution < -0.4 is 10.2 Å². The van der Waals surface area contributed by atoms with E-state index in [9.17, 15) is 19.8 Å². The number of aromatic nitrogens is 3. The normalized spacial score (nSPS) is 9.88. The fourth-order valence-corrected chi connectivity index (χ4v) is 3.07. The molecule has 0 saturated heterocycles. The van der Waals surface area contributed by atoms with Crippen molar-refractivity contribution in [3.8, 4) is 33.9 Å². The minimum atomic E-state index is -1.43. The predicted octanol–water partition coefficient (Wildman–Crippen LogP) is -0.0498. The molecule has 0 fully saturated rings. The average Bonchev–Trinajstić information content (AvgIpc) is 2.79. The van der Waals surface area contributed by atoms with Crippen LogP contribution >= 0.6 is 0 Å². The van der Waals surface area contributed by atoms with Gasteiger partial charge in [0.05, 0.1) is 34.7 Å². The number of carboxylic acids is 2. The predicted molar refractivity (Wildman–Crippen MR) is 112 cm³/mol. The summed E-state index contributed by atoms with van der Waals surface area (Å²) < 4.78 is 0. The molecule has 9 nitrogen and oxygen atoms in total. The Bertz CT molecular complexity index is 1190. The van der Waals surface area contributed by atoms with Gasteiger partial charge in [0.15, 0.2) is 0 Å². The van der Waals surface area contributed by atoms with Gasteiger partial charge in [0.1, 0.15) is 0 Å². The number of carboxylic acid groups (broad SMARTS) is 2. The Morgan fingerprint density at radius 2 is 1.22 bits per heavy atom. The van der Waals surface area contributed by atoms with Crippen molar-refractivity contribution < 1.29 is 30.8 Å². The Morgan fingerprint density at radius 1 is 0.656 bits per heavy atom. The van der Waals surface area contributed by atoms with Gasteiger partial charge in [-0.25, -0.2) is 4.98 Å². The molecule has 0 spiro atoms. The molecule has 4 aromatic rings. The Kier molecular flexibility index (Phi) is 7.46. The Morgan fingerprint density at radius 3 is 1.66 bits per heavy atom. The summed E-state index contributed by atoms with van der Waals surface area (Å²) in [5, 5.41) is 23.0. The van der Waals surface area contributed by atoms with Crippen molar-refractivity contribution in [1.29, 1.82) is 0 Å². The topological polar surface area (TPSA) is 182 Å². The third-order valence-electron chi connectivity index (χ3n) is 4.47. The molecule has 0 amide bonds. The first kappa shape index (κ1) is 23.8. The Hall–Kier alpha value is -4.47. The number of rotatable bonds is 5. The lowest BCUT2D eigenvalue weighted by molar-refractivity contribution is -0.256. The molecule has 0 aliphatic rings. The third kappa shape index (κ3) is 4.81. The lowest BCUT2D eigenvalue weighted by Crippen LogP contribution is -2.25. The van der Waals surface area contributed by atoms with E-state index < -0.39 is 11.9 Å². The van der Waals surface area contributed by atoms with E-state index in [1.54, 1.807) is 60.9 Å². The fraction of sp³-hybridized carbons (Fsp3) is 0. The number of hydrogen-bond donors (Lipinski definition) is 0. The van der Waals surface area contributed by atoms with Gasteiger partial charge >= 0.3 is 0 Å². The highest BCUT2D eigenvalue weighted by atomic mass is 16.4. The van der Waals surface area contributed by atoms with Crippen LogP contribution in [0.3, 0.4) is 0 Å². The van der Waals surface area contributed by atoms with Crippen LogP contribution in [0.15, 0.2) is 79.1 Å². The summed E-state index contributed by atoms with van der Waals surface area (Å²) >= 11 is 0. The second-order valence-electron chi connectivity index (χ2n) is 6.39. The SMILES string of the molecule is O.O.O=C([O-])c1ccc(C(=O)[O-])c(-c2cc(-c3ccccn3)nc(-c3ccccn3)c2)c1. The van der Waals surface area contributed by atoms with Gasteiger partial charge in [0.2, 0.25) is 0 Å². The molecule has 0 unspecified atom stereocenters. The van der Waals surface area contributed by atoms with Crippen LogP contribution in [-0.4, -0.2) is 37.8 Å². The lowest BCUT2D eigenvalue weighted by Gasteiger charge is -2.15. The molecule has 4 N–H and O–H groups in total. The quantitative estimate of drug-likeness (QED) is 0.424. The number of nitrogens with zero attached hydrogens (tertiary/aromatic N) is 3. The van der Waals surface area contributed by atoms with E-state index in [1.165, 1.54) is 18.2 Å². The van der Waals surface area contributed by atoms with E-state index in [-0.39, 0.29) is 27.6 Å². The highest BCUT2D eigenvalue weighted by Crippen LogP contribution is 2.31. The van der Waals surface area contributed by atoms with Crippen molar-refractivity contribution in [2.75, 3.05) is 0 Å². The van der Waals surface area contributed by atoms with Crippen LogP contribution in [0, 0.1) is 0 Å². The van der Waals surface area contributed by atoms with E-state index in [4.69, 9.17) is 0 Å². The first-order valence-electron chi connectivity index (χ1n) is 8.95. The lowest BCUT2D eigenvalue weighted by atomic mass is 9.95. The van der Waals surface area contributed by atoms with Gasteiger partial charge in [0.25, 0.3) is 0 Å². The molecule has 0 radical (unpaired) electrons. The number of benzene rings is 1. The monoisotopic (exact) mass is 431 g/mol. The third-order valence-corrected chi connectivity index (χ3v) is 4.47. The second-order valence-corrected chi connectivity index (χ2v) is 6.39. The van der Waals surface area contributed by atoms with Crippen molar-refractivity contribution in [2.24, 2.45) is 0 Å². The highest BCUT2D eigenvalue weighted by Gasteiger charge is 2.14. The molecule has 0 aliphatic heterocycles. The summed E-state index contributed by atoms with van der Waals surface area (Å²) in [6.07, 6.45) is 3.24. The second kappa shape index (κ2) is 10.0. The zero-order valence-electron chi connectivity index (χ0n) is 16.5. The maximum atomic E-state index is 11.7. The first-order valence-corrected chi connectivity index (χ1v) is 8.95. The molecule has 1 aromatic carbocycles. The number of pyridine rings is 3. The molecule has 0 atom stereocenters. The maximum Gasteiger partial charge on any atom is 0.0900 e. The molecular formula is C23H17N3O6-2. The Balaban J connectivity index is 0.00000181. The number of aromatic carboxylic acids is 2. The van der Waals surface area contributed by atoms with Gasteiger partial charge in [-0.05, 0) is 59.2 Å². The molecule has 3 heterocycles. The molecule has 32 heavy (non-hydrogen) atoms. The van der Waals surface area contributed by atoms with Crippen LogP contribution in [0.4, 0.5) is 0 Å². The molecule has 0 bridgehead atoms. The number of hydrogen-bond acceptors (Lipinski definition) is 7. The summed E-state index contributed by atoms with van der Waals surface area (Å²) in [6.45, 7) is 0. The average molecular weight is 431 g/mol. The summed E-state index contributed by atoms with van der Waals surface area (Å²) in [7, 11) is 0. The number of carbonyl (C=O) groups excluding carboxylic acids is 2.